The van der Waals surface area contributed by atoms with Crippen molar-refractivity contribution in [2.45, 2.75) is 13.0 Å². The lowest BCUT2D eigenvalue weighted by Gasteiger charge is -2.16. The molecule has 1 aliphatic heterocycles. The van der Waals surface area contributed by atoms with Crippen LogP contribution in [0.15, 0.2) is 18.2 Å². The average molecular weight is 294 g/mol. The predicted octanol–water partition coefficient (Wildman–Crippen LogP) is 1.40. The fourth-order valence-electron chi connectivity index (χ4n) is 1.99. The van der Waals surface area contributed by atoms with Gasteiger partial charge in [-0.15, -0.1) is 0 Å². The lowest BCUT2D eigenvalue weighted by atomic mass is 10.1. The molecule has 0 amide bonds. The second kappa shape index (κ2) is 6.49. The van der Waals surface area contributed by atoms with E-state index in [0.717, 1.165) is 0 Å². The first-order chi connectivity index (χ1) is 10.1. The van der Waals surface area contributed by atoms with E-state index in [1.807, 2.05) is 0 Å². The maximum atomic E-state index is 11.6. The second-order valence-electron chi connectivity index (χ2n) is 4.45. The fourth-order valence-corrected chi connectivity index (χ4v) is 1.99. The van der Waals surface area contributed by atoms with Crippen LogP contribution in [0.3, 0.4) is 0 Å². The van der Waals surface area contributed by atoms with E-state index >= 15 is 0 Å². The van der Waals surface area contributed by atoms with E-state index < -0.39 is 6.10 Å². The van der Waals surface area contributed by atoms with Gasteiger partial charge in [0.15, 0.2) is 23.4 Å². The first-order valence-electron chi connectivity index (χ1n) is 6.53. The topological polar surface area (TPSA) is 74.2 Å². The highest BCUT2D eigenvalue weighted by atomic mass is 16.5. The second-order valence-corrected chi connectivity index (χ2v) is 4.45. The quantitative estimate of drug-likeness (QED) is 0.855. The lowest BCUT2D eigenvalue weighted by Crippen LogP contribution is -2.10. The molecule has 1 N–H and O–H groups in total. The molecule has 6 nitrogen and oxygen atoms in total. The standard InChI is InChI=1S/C15H18O6/c1-9-11(17)8-12(21-9)10-6-13(18-2)15(20-5-4-16)14(7-10)19-3/h6-9,16H,4-5H2,1-3H3. The maximum Gasteiger partial charge on any atom is 0.203 e. The first-order valence-corrected chi connectivity index (χ1v) is 6.53. The molecule has 0 aliphatic carbocycles. The predicted molar refractivity (Wildman–Crippen MR) is 75.7 cm³/mol. The van der Waals surface area contributed by atoms with Crippen molar-refractivity contribution in [3.63, 3.8) is 0 Å². The number of ether oxygens (including phenoxy) is 4. The molecule has 21 heavy (non-hydrogen) atoms. The third kappa shape index (κ3) is 3.11. The fraction of sp³-hybridized carbons (Fsp3) is 0.400. The average Bonchev–Trinajstić information content (AvgIpc) is 2.83. The van der Waals surface area contributed by atoms with Gasteiger partial charge in [0.05, 0.1) is 20.8 Å². The largest absolute Gasteiger partial charge is 0.493 e. The number of benzene rings is 1. The first kappa shape index (κ1) is 15.2. The Morgan fingerprint density at radius 3 is 2.29 bits per heavy atom. The van der Waals surface area contributed by atoms with Gasteiger partial charge in [-0.25, -0.2) is 0 Å². The van der Waals surface area contributed by atoms with Crippen LogP contribution in [0.4, 0.5) is 0 Å². The summed E-state index contributed by atoms with van der Waals surface area (Å²) in [6.07, 6.45) is 0.968. The number of hydrogen-bond acceptors (Lipinski definition) is 6. The lowest BCUT2D eigenvalue weighted by molar-refractivity contribution is -0.119. The summed E-state index contributed by atoms with van der Waals surface area (Å²) >= 11 is 0. The van der Waals surface area contributed by atoms with Crippen LogP contribution in [0.25, 0.3) is 5.76 Å². The number of rotatable bonds is 6. The van der Waals surface area contributed by atoms with E-state index in [4.69, 9.17) is 24.1 Å². The zero-order chi connectivity index (χ0) is 15.4. The Morgan fingerprint density at radius 2 is 1.86 bits per heavy atom. The molecule has 0 saturated carbocycles. The number of methoxy groups -OCH3 is 2. The summed E-state index contributed by atoms with van der Waals surface area (Å²) in [5, 5.41) is 8.87. The van der Waals surface area contributed by atoms with E-state index in [2.05, 4.69) is 0 Å². The summed E-state index contributed by atoms with van der Waals surface area (Å²) in [5.41, 5.74) is 0.665. The van der Waals surface area contributed by atoms with Crippen molar-refractivity contribution in [3.05, 3.63) is 23.8 Å². The molecule has 0 aromatic heterocycles. The zero-order valence-electron chi connectivity index (χ0n) is 12.2. The van der Waals surface area contributed by atoms with Crippen LogP contribution in [-0.4, -0.2) is 44.4 Å². The Morgan fingerprint density at radius 1 is 1.24 bits per heavy atom. The van der Waals surface area contributed by atoms with Gasteiger partial charge >= 0.3 is 0 Å². The monoisotopic (exact) mass is 294 g/mol. The third-order valence-electron chi connectivity index (χ3n) is 3.06. The molecule has 1 aromatic carbocycles. The van der Waals surface area contributed by atoms with Gasteiger partial charge in [-0.05, 0) is 19.1 Å². The van der Waals surface area contributed by atoms with Gasteiger partial charge in [0.25, 0.3) is 0 Å². The molecule has 0 spiro atoms. The number of hydrogen-bond donors (Lipinski definition) is 1. The van der Waals surface area contributed by atoms with Crippen molar-refractivity contribution in [1.82, 2.24) is 0 Å². The number of aliphatic hydroxyl groups is 1. The maximum absolute atomic E-state index is 11.6. The van der Waals surface area contributed by atoms with Gasteiger partial charge < -0.3 is 24.1 Å². The normalized spacial score (nSPS) is 17.2. The highest BCUT2D eigenvalue weighted by Crippen LogP contribution is 2.41. The van der Waals surface area contributed by atoms with Crippen LogP contribution in [0.5, 0.6) is 17.2 Å². The van der Waals surface area contributed by atoms with E-state index in [1.165, 1.54) is 20.3 Å². The molecule has 1 aliphatic rings. The van der Waals surface area contributed by atoms with E-state index in [9.17, 15) is 4.79 Å². The molecule has 0 bridgehead atoms. The van der Waals surface area contributed by atoms with Crippen molar-refractivity contribution in [1.29, 1.82) is 0 Å². The molecular weight excluding hydrogens is 276 g/mol. The summed E-state index contributed by atoms with van der Waals surface area (Å²) in [6, 6.07) is 3.40. The zero-order valence-corrected chi connectivity index (χ0v) is 12.2. The Balaban J connectivity index is 2.41. The van der Waals surface area contributed by atoms with Gasteiger partial charge in [-0.3, -0.25) is 4.79 Å². The summed E-state index contributed by atoms with van der Waals surface area (Å²) < 4.78 is 21.5. The van der Waals surface area contributed by atoms with Gasteiger partial charge in [0.1, 0.15) is 12.4 Å². The molecule has 0 fully saturated rings. The molecule has 1 heterocycles. The third-order valence-corrected chi connectivity index (χ3v) is 3.06. The highest BCUT2D eigenvalue weighted by molar-refractivity contribution is 6.02. The minimum absolute atomic E-state index is 0.0801. The summed E-state index contributed by atoms with van der Waals surface area (Å²) in [6.45, 7) is 1.70. The minimum atomic E-state index is -0.484. The Labute approximate surface area is 122 Å². The molecule has 1 aromatic rings. The Hall–Kier alpha value is -2.21. The molecule has 0 saturated heterocycles. The van der Waals surface area contributed by atoms with Crippen LogP contribution in [0.1, 0.15) is 12.5 Å². The van der Waals surface area contributed by atoms with Crippen LogP contribution in [0.2, 0.25) is 0 Å². The van der Waals surface area contributed by atoms with Crippen molar-refractivity contribution in [3.8, 4) is 17.2 Å². The summed E-state index contributed by atoms with van der Waals surface area (Å²) in [5.74, 6) is 1.67. The number of ketones is 1. The van der Waals surface area contributed by atoms with E-state index in [0.29, 0.717) is 28.6 Å². The van der Waals surface area contributed by atoms with Gasteiger partial charge in [-0.1, -0.05) is 0 Å². The van der Waals surface area contributed by atoms with E-state index in [-0.39, 0.29) is 19.0 Å². The number of aliphatic hydroxyl groups excluding tert-OH is 1. The van der Waals surface area contributed by atoms with Crippen molar-refractivity contribution in [2.24, 2.45) is 0 Å². The van der Waals surface area contributed by atoms with Crippen LogP contribution in [0, 0.1) is 0 Å². The molecule has 0 radical (unpaired) electrons. The molecule has 114 valence electrons. The summed E-state index contributed by atoms with van der Waals surface area (Å²) in [4.78, 5) is 11.6. The smallest absolute Gasteiger partial charge is 0.203 e. The molecular formula is C15H18O6. The van der Waals surface area contributed by atoms with Crippen molar-refractivity contribution < 1.29 is 28.8 Å². The SMILES string of the molecule is COc1cc(C2=CC(=O)C(C)O2)cc(OC)c1OCCO. The van der Waals surface area contributed by atoms with Crippen LogP contribution >= 0.6 is 0 Å². The molecule has 6 heteroatoms. The molecule has 1 unspecified atom stereocenters. The highest BCUT2D eigenvalue weighted by Gasteiger charge is 2.25. The van der Waals surface area contributed by atoms with Gasteiger partial charge in [0.2, 0.25) is 5.75 Å². The van der Waals surface area contributed by atoms with Crippen molar-refractivity contribution in [2.75, 3.05) is 27.4 Å². The molecule has 1 atom stereocenters. The van der Waals surface area contributed by atoms with Crippen molar-refractivity contribution >= 4 is 11.5 Å². The van der Waals surface area contributed by atoms with E-state index in [1.54, 1.807) is 19.1 Å². The minimum Gasteiger partial charge on any atom is -0.493 e. The number of carbonyl (C=O) groups is 1. The van der Waals surface area contributed by atoms with Gasteiger partial charge in [0, 0.05) is 11.6 Å². The Bertz CT molecular complexity index is 538. The van der Waals surface area contributed by atoms with Crippen LogP contribution < -0.4 is 14.2 Å². The van der Waals surface area contributed by atoms with Crippen LogP contribution in [-0.2, 0) is 9.53 Å². The van der Waals surface area contributed by atoms with Gasteiger partial charge in [-0.2, -0.15) is 0 Å². The summed E-state index contributed by atoms with van der Waals surface area (Å²) in [7, 11) is 3.00. The number of carbonyl (C=O) groups excluding carboxylic acids is 1. The molecule has 2 rings (SSSR count). The Kier molecular flexibility index (Phi) is 4.70.